The van der Waals surface area contributed by atoms with Gasteiger partial charge in [0, 0.05) is 48.8 Å². The van der Waals surface area contributed by atoms with Crippen LogP contribution in [0.4, 0.5) is 0 Å². The molecule has 3 heterocycles. The van der Waals surface area contributed by atoms with E-state index in [4.69, 9.17) is 28.4 Å². The topological polar surface area (TPSA) is 251 Å². The number of aliphatic hydroxyl groups is 4. The molecule has 1 saturated carbocycles. The summed E-state index contributed by atoms with van der Waals surface area (Å²) in [7, 11) is 1.19. The zero-order valence-electron chi connectivity index (χ0n) is 32.9. The van der Waals surface area contributed by atoms with Crippen molar-refractivity contribution in [3.05, 3.63) is 52.1 Å². The largest absolute Gasteiger partial charge is 0.507 e. The molecule has 0 amide bonds. The number of phenolic OH excluding ortho intramolecular Hbond substituents is 1. The predicted molar refractivity (Wildman–Crippen MR) is 195 cm³/mol. The lowest BCUT2D eigenvalue weighted by Crippen LogP contribution is -2.69. The van der Waals surface area contributed by atoms with Gasteiger partial charge in [-0.2, -0.15) is 0 Å². The van der Waals surface area contributed by atoms with Gasteiger partial charge < -0.3 is 58.7 Å². The van der Waals surface area contributed by atoms with Gasteiger partial charge in [-0.05, 0) is 52.7 Å². The number of methoxy groups -OCH3 is 1. The van der Waals surface area contributed by atoms with E-state index in [-0.39, 0.29) is 34.8 Å². The predicted octanol–water partition coefficient (Wildman–Crippen LogP) is 1.72. The fourth-order valence-electron chi connectivity index (χ4n) is 9.12. The van der Waals surface area contributed by atoms with E-state index >= 15 is 0 Å². The van der Waals surface area contributed by atoms with Crippen LogP contribution in [0.25, 0.3) is 0 Å². The van der Waals surface area contributed by atoms with Crippen LogP contribution in [-0.4, -0.2) is 134 Å². The van der Waals surface area contributed by atoms with E-state index in [1.807, 2.05) is 6.92 Å². The molecule has 0 bridgehead atoms. The molecule has 0 radical (unpaired) electrons. The first-order valence-corrected chi connectivity index (χ1v) is 19.6. The van der Waals surface area contributed by atoms with E-state index in [2.05, 4.69) is 4.74 Å². The van der Waals surface area contributed by atoms with Crippen molar-refractivity contribution in [3.63, 3.8) is 0 Å². The number of aliphatic hydroxyl groups excluding tert-OH is 1. The minimum Gasteiger partial charge on any atom is -0.507 e. The lowest BCUT2D eigenvalue weighted by molar-refractivity contribution is -0.300. The maximum atomic E-state index is 14.0. The van der Waals surface area contributed by atoms with Crippen molar-refractivity contribution in [2.75, 3.05) is 7.11 Å². The van der Waals surface area contributed by atoms with Gasteiger partial charge in [-0.1, -0.05) is 12.1 Å². The molecule has 4 fully saturated rings. The second-order valence-corrected chi connectivity index (χ2v) is 16.5. The Hall–Kier alpha value is -3.91. The summed E-state index contributed by atoms with van der Waals surface area (Å²) in [6.45, 7) is 6.54. The number of phenols is 1. The van der Waals surface area contributed by atoms with Crippen LogP contribution in [0.3, 0.4) is 0 Å². The molecule has 17 heteroatoms. The monoisotopic (exact) mass is 814 g/mol. The number of aromatic hydroxyl groups is 1. The van der Waals surface area contributed by atoms with Crippen LogP contribution >= 0.6 is 0 Å². The SMILES string of the molecule is COC(=O)CC(=O)O[C@@H]1CC[C@@H](O[C@H]2CC[C@@H](O[C@@H]3C[C@H](c4ccc5c(c4O)C(=O)C4=C(C5=O)[C@]5(O)C(=O)C[C@@](C)(O)C[C@]5(O)C=C4)O[C@H](C)[C@@H]3O)O[C@@H]2C)O[C@@H]1C. The number of benzene rings is 1. The Bertz CT molecular complexity index is 1940. The van der Waals surface area contributed by atoms with Crippen LogP contribution in [-0.2, 0) is 47.5 Å². The molecule has 5 N–H and O–H groups in total. The number of hydrogen-bond donors (Lipinski definition) is 5. The van der Waals surface area contributed by atoms with Gasteiger partial charge in [0.1, 0.15) is 30.0 Å². The number of allylic oxidation sites excluding steroid dienone is 2. The number of rotatable bonds is 8. The summed E-state index contributed by atoms with van der Waals surface area (Å²) in [6.07, 6.45) is -4.27. The first-order valence-electron chi connectivity index (χ1n) is 19.6. The minimum absolute atomic E-state index is 0.0302. The van der Waals surface area contributed by atoms with Crippen LogP contribution in [0, 0.1) is 0 Å². The highest BCUT2D eigenvalue weighted by Gasteiger charge is 2.66. The zero-order chi connectivity index (χ0) is 42.1. The van der Waals surface area contributed by atoms with Crippen molar-refractivity contribution in [2.45, 2.75) is 157 Å². The number of Topliss-reactive ketones (excluding diaryl/α,β-unsaturated/α-hetero) is 3. The van der Waals surface area contributed by atoms with Crippen molar-refractivity contribution in [1.29, 1.82) is 0 Å². The Kier molecular flexibility index (Phi) is 11.4. The van der Waals surface area contributed by atoms with Gasteiger partial charge >= 0.3 is 11.9 Å². The summed E-state index contributed by atoms with van der Waals surface area (Å²) in [5.41, 5.74) is -8.32. The molecule has 1 aromatic carbocycles. The zero-order valence-corrected chi connectivity index (χ0v) is 32.9. The summed E-state index contributed by atoms with van der Waals surface area (Å²) in [6, 6.07) is 2.68. The highest BCUT2D eigenvalue weighted by Crippen LogP contribution is 2.52. The quantitative estimate of drug-likeness (QED) is 0.185. The van der Waals surface area contributed by atoms with Crippen molar-refractivity contribution >= 4 is 29.3 Å². The van der Waals surface area contributed by atoms with Crippen molar-refractivity contribution < 1.29 is 82.7 Å². The molecule has 3 aliphatic heterocycles. The standard InChI is InChI=1S/C41H50O17/c1-18-24(56-30(44)15-29(43)52-5)8-10-31(54-18)57-25-9-11-32(55-19(25)2)58-27-14-26(53-20(3)35(27)45)21-6-7-22-33(36(21)46)37(47)23-12-13-40(50)17-39(4,49)16-28(42)41(40,51)34(23)38(22)48/h6-7,12-13,18-20,24-27,31-32,35,45-46,49-51H,8-11,14-17H2,1-5H3/t18-,19-,20-,24-,25+,26-,27-,31-,32-,35+,39-,40-,41-/m1/s1. The maximum Gasteiger partial charge on any atom is 0.317 e. The summed E-state index contributed by atoms with van der Waals surface area (Å²) < 4.78 is 40.7. The summed E-state index contributed by atoms with van der Waals surface area (Å²) in [4.78, 5) is 64.7. The third-order valence-electron chi connectivity index (χ3n) is 12.2. The Morgan fingerprint density at radius 3 is 2.12 bits per heavy atom. The van der Waals surface area contributed by atoms with Gasteiger partial charge in [0.25, 0.3) is 0 Å². The lowest BCUT2D eigenvalue weighted by Gasteiger charge is -2.51. The average Bonchev–Trinajstić information content (AvgIpc) is 3.14. The molecule has 13 atom stereocenters. The molecule has 7 rings (SSSR count). The molecule has 6 aliphatic rings. The van der Waals surface area contributed by atoms with Gasteiger partial charge in [0.2, 0.25) is 0 Å². The highest BCUT2D eigenvalue weighted by atomic mass is 16.7. The van der Waals surface area contributed by atoms with Gasteiger partial charge in [-0.3, -0.25) is 24.0 Å². The van der Waals surface area contributed by atoms with Crippen LogP contribution in [0.5, 0.6) is 5.75 Å². The number of esters is 2. The third-order valence-corrected chi connectivity index (χ3v) is 12.2. The fraction of sp³-hybridized carbons (Fsp3) is 0.634. The van der Waals surface area contributed by atoms with Crippen LogP contribution in [0.15, 0.2) is 35.4 Å². The smallest absolute Gasteiger partial charge is 0.317 e. The third kappa shape index (κ3) is 7.45. The van der Waals surface area contributed by atoms with Crippen LogP contribution in [0.2, 0.25) is 0 Å². The molecular weight excluding hydrogens is 764 g/mol. The Morgan fingerprint density at radius 2 is 1.48 bits per heavy atom. The first-order chi connectivity index (χ1) is 27.3. The summed E-state index contributed by atoms with van der Waals surface area (Å²) >= 11 is 0. The van der Waals surface area contributed by atoms with Crippen molar-refractivity contribution in [2.24, 2.45) is 0 Å². The van der Waals surface area contributed by atoms with E-state index in [9.17, 15) is 49.5 Å². The van der Waals surface area contributed by atoms with E-state index in [1.165, 1.54) is 26.2 Å². The Balaban J connectivity index is 0.996. The highest BCUT2D eigenvalue weighted by molar-refractivity contribution is 6.32. The number of ketones is 3. The Morgan fingerprint density at radius 1 is 0.845 bits per heavy atom. The van der Waals surface area contributed by atoms with Crippen LogP contribution in [0.1, 0.15) is 111 Å². The summed E-state index contributed by atoms with van der Waals surface area (Å²) in [5, 5.41) is 56.4. The van der Waals surface area contributed by atoms with Gasteiger partial charge in [0.05, 0.1) is 60.5 Å². The number of fused-ring (bicyclic) bond motifs is 3. The number of hydrogen-bond acceptors (Lipinski definition) is 17. The average molecular weight is 815 g/mol. The number of carbonyl (C=O) groups is 5. The molecule has 0 unspecified atom stereocenters. The fourth-order valence-corrected chi connectivity index (χ4v) is 9.12. The molecule has 316 valence electrons. The van der Waals surface area contributed by atoms with Gasteiger partial charge in [-0.25, -0.2) is 0 Å². The van der Waals surface area contributed by atoms with E-state index in [0.717, 1.165) is 12.2 Å². The molecular formula is C41H50O17. The summed E-state index contributed by atoms with van der Waals surface area (Å²) in [5.74, 6) is -4.75. The van der Waals surface area contributed by atoms with E-state index < -0.39 is 132 Å². The molecule has 17 nitrogen and oxygen atoms in total. The molecule has 1 aromatic rings. The Labute approximate surface area is 333 Å². The molecule has 58 heavy (non-hydrogen) atoms. The van der Waals surface area contributed by atoms with Crippen LogP contribution < -0.4 is 0 Å². The molecule has 0 spiro atoms. The van der Waals surface area contributed by atoms with E-state index in [0.29, 0.717) is 25.7 Å². The first kappa shape index (κ1) is 42.2. The van der Waals surface area contributed by atoms with Gasteiger partial charge in [0.15, 0.2) is 35.5 Å². The second-order valence-electron chi connectivity index (χ2n) is 16.5. The lowest BCUT2D eigenvalue weighted by atomic mass is 9.57. The number of carbonyl (C=O) groups excluding carboxylic acids is 5. The van der Waals surface area contributed by atoms with Crippen molar-refractivity contribution in [3.8, 4) is 5.75 Å². The second kappa shape index (κ2) is 15.6. The molecule has 3 saturated heterocycles. The normalized spacial score (nSPS) is 40.1. The molecule has 0 aromatic heterocycles. The maximum absolute atomic E-state index is 14.0. The van der Waals surface area contributed by atoms with Gasteiger partial charge in [-0.15, -0.1) is 0 Å². The number of ether oxygens (including phenoxy) is 7. The minimum atomic E-state index is -2.80. The van der Waals surface area contributed by atoms with E-state index in [1.54, 1.807) is 13.8 Å². The molecule has 3 aliphatic carbocycles. The van der Waals surface area contributed by atoms with Crippen molar-refractivity contribution in [1.82, 2.24) is 0 Å².